The van der Waals surface area contributed by atoms with Crippen molar-refractivity contribution in [2.24, 2.45) is 0 Å². The summed E-state index contributed by atoms with van der Waals surface area (Å²) in [6.07, 6.45) is 0. The first-order valence-corrected chi connectivity index (χ1v) is 22.2. The van der Waals surface area contributed by atoms with E-state index in [0.29, 0.717) is 0 Å². The minimum Gasteiger partial charge on any atom is -0.310 e. The van der Waals surface area contributed by atoms with Gasteiger partial charge in [0.05, 0.1) is 22.4 Å². The zero-order valence-corrected chi connectivity index (χ0v) is 36.7. The van der Waals surface area contributed by atoms with E-state index >= 15 is 0 Å². The number of aromatic nitrogens is 3. The van der Waals surface area contributed by atoms with Gasteiger partial charge in [0.1, 0.15) is 0 Å². The smallest absolute Gasteiger partial charge is 0.160 e. The summed E-state index contributed by atoms with van der Waals surface area (Å²) in [7, 11) is 0. The highest BCUT2D eigenvalue weighted by Crippen LogP contribution is 2.40. The highest BCUT2D eigenvalue weighted by molar-refractivity contribution is 6.10. The number of hydrogen-bond acceptors (Lipinski definition) is 3. The summed E-state index contributed by atoms with van der Waals surface area (Å²) in [5.41, 5.74) is 20.2. The Morgan fingerprint density at radius 2 is 0.862 bits per heavy atom. The second-order valence-electron chi connectivity index (χ2n) is 16.9. The molecular weight excluding hydrogens is 789 g/mol. The van der Waals surface area contributed by atoms with Crippen molar-refractivity contribution in [1.29, 1.82) is 0 Å². The highest BCUT2D eigenvalue weighted by Gasteiger charge is 2.18. The summed E-state index contributed by atoms with van der Waals surface area (Å²) < 4.78 is 2.39. The van der Waals surface area contributed by atoms with E-state index in [1.165, 1.54) is 55.2 Å². The largest absolute Gasteiger partial charge is 0.310 e. The van der Waals surface area contributed by atoms with E-state index in [1.54, 1.807) is 0 Å². The fourth-order valence-corrected chi connectivity index (χ4v) is 9.07. The van der Waals surface area contributed by atoms with E-state index < -0.39 is 0 Å². The van der Waals surface area contributed by atoms with E-state index in [2.05, 4.69) is 255 Å². The summed E-state index contributed by atoms with van der Waals surface area (Å²) >= 11 is 0. The molecule has 0 N–H and O–H groups in total. The lowest BCUT2D eigenvalue weighted by molar-refractivity contribution is 1.18. The number of rotatable bonds is 9. The highest BCUT2D eigenvalue weighted by atomic mass is 15.1. The first-order valence-electron chi connectivity index (χ1n) is 22.2. The van der Waals surface area contributed by atoms with Gasteiger partial charge in [0.25, 0.3) is 0 Å². The molecule has 0 aliphatic heterocycles. The quantitative estimate of drug-likeness (QED) is 0.145. The van der Waals surface area contributed by atoms with Crippen LogP contribution >= 0.6 is 0 Å². The van der Waals surface area contributed by atoms with E-state index in [4.69, 9.17) is 9.97 Å². The molecule has 0 spiro atoms. The maximum absolute atomic E-state index is 5.08. The van der Waals surface area contributed by atoms with Gasteiger partial charge in [-0.2, -0.15) is 0 Å². The van der Waals surface area contributed by atoms with Crippen molar-refractivity contribution in [3.05, 3.63) is 241 Å². The lowest BCUT2D eigenvalue weighted by Gasteiger charge is -2.25. The molecule has 0 aliphatic rings. The third kappa shape index (κ3) is 7.66. The van der Waals surface area contributed by atoms with Crippen LogP contribution in [0.3, 0.4) is 0 Å². The number of anilines is 3. The van der Waals surface area contributed by atoms with Crippen molar-refractivity contribution in [3.63, 3.8) is 0 Å². The number of benzene rings is 9. The Kier molecular flexibility index (Phi) is 10.2. The molecule has 0 saturated heterocycles. The molecule has 2 aromatic heterocycles. The molecule has 0 aliphatic carbocycles. The number of fused-ring (bicyclic) bond motifs is 3. The van der Waals surface area contributed by atoms with Gasteiger partial charge in [-0.05, 0) is 115 Å². The summed E-state index contributed by atoms with van der Waals surface area (Å²) in [5.74, 6) is 0.722. The number of hydrogen-bond donors (Lipinski definition) is 0. The van der Waals surface area contributed by atoms with Gasteiger partial charge >= 0.3 is 0 Å². The zero-order valence-electron chi connectivity index (χ0n) is 36.7. The molecule has 2 heterocycles. The Bertz CT molecular complexity index is 3360. The molecule has 9 aromatic carbocycles. The van der Waals surface area contributed by atoms with Crippen LogP contribution in [-0.4, -0.2) is 14.5 Å². The van der Waals surface area contributed by atoms with Crippen LogP contribution in [0.25, 0.3) is 83.6 Å². The van der Waals surface area contributed by atoms with Crippen LogP contribution in [0.5, 0.6) is 0 Å². The van der Waals surface area contributed by atoms with E-state index in [0.717, 1.165) is 62.2 Å². The zero-order chi connectivity index (χ0) is 43.9. The van der Waals surface area contributed by atoms with Crippen LogP contribution in [0.15, 0.2) is 224 Å². The molecular formula is C61H46N4. The second-order valence-corrected chi connectivity index (χ2v) is 16.9. The fourth-order valence-electron chi connectivity index (χ4n) is 9.07. The lowest BCUT2D eigenvalue weighted by Crippen LogP contribution is -2.09. The molecule has 4 heteroatoms. The number of aryl methyl sites for hydroxylation is 3. The Balaban J connectivity index is 0.885. The minimum absolute atomic E-state index is 0.722. The molecule has 0 unspecified atom stereocenters. The van der Waals surface area contributed by atoms with Crippen molar-refractivity contribution in [2.45, 2.75) is 20.8 Å². The summed E-state index contributed by atoms with van der Waals surface area (Å²) in [5, 5.41) is 2.44. The van der Waals surface area contributed by atoms with Crippen LogP contribution < -0.4 is 4.90 Å². The van der Waals surface area contributed by atoms with Crippen molar-refractivity contribution in [1.82, 2.24) is 14.5 Å². The maximum atomic E-state index is 5.08. The molecule has 0 atom stereocenters. The topological polar surface area (TPSA) is 34.0 Å². The lowest BCUT2D eigenvalue weighted by atomic mass is 9.95. The average molecular weight is 835 g/mol. The molecule has 65 heavy (non-hydrogen) atoms. The van der Waals surface area contributed by atoms with Crippen LogP contribution in [0.2, 0.25) is 0 Å². The van der Waals surface area contributed by atoms with Crippen LogP contribution in [-0.2, 0) is 0 Å². The van der Waals surface area contributed by atoms with Gasteiger partial charge in [-0.25, -0.2) is 9.97 Å². The molecule has 11 aromatic rings. The Morgan fingerprint density at radius 3 is 1.48 bits per heavy atom. The number of nitrogens with zero attached hydrogens (tertiary/aromatic N) is 4. The third-order valence-corrected chi connectivity index (χ3v) is 12.5. The van der Waals surface area contributed by atoms with Crippen LogP contribution in [0.4, 0.5) is 17.1 Å². The predicted molar refractivity (Wildman–Crippen MR) is 272 cm³/mol. The molecule has 0 fully saturated rings. The molecule has 11 rings (SSSR count). The van der Waals surface area contributed by atoms with Gasteiger partial charge < -0.3 is 9.47 Å². The number of para-hydroxylation sites is 3. The van der Waals surface area contributed by atoms with Crippen molar-refractivity contribution in [2.75, 3.05) is 4.90 Å². The average Bonchev–Trinajstić information content (AvgIpc) is 3.69. The van der Waals surface area contributed by atoms with Crippen molar-refractivity contribution < 1.29 is 0 Å². The SMILES string of the molecule is Cc1ccc(-c2cc(-c3ccc(-c4ccc(-c5ccc(-n6c7ccccc7c7cc(N(c8ccccc8)c8ccccc8)ccc76)cc5)c(C)c4)cc3)nc(-c3ccc(C)cc3)n2)cc1. The van der Waals surface area contributed by atoms with Crippen molar-refractivity contribution >= 4 is 38.9 Å². The van der Waals surface area contributed by atoms with Gasteiger partial charge in [0.2, 0.25) is 0 Å². The molecule has 310 valence electrons. The molecule has 4 nitrogen and oxygen atoms in total. The van der Waals surface area contributed by atoms with Gasteiger partial charge in [0, 0.05) is 50.2 Å². The normalized spacial score (nSPS) is 11.3. The van der Waals surface area contributed by atoms with Gasteiger partial charge in [-0.3, -0.25) is 0 Å². The van der Waals surface area contributed by atoms with Gasteiger partial charge in [0.15, 0.2) is 5.82 Å². The monoisotopic (exact) mass is 834 g/mol. The Hall–Kier alpha value is -8.34. The maximum Gasteiger partial charge on any atom is 0.160 e. The van der Waals surface area contributed by atoms with E-state index in [1.807, 2.05) is 0 Å². The Morgan fingerprint density at radius 1 is 0.354 bits per heavy atom. The van der Waals surface area contributed by atoms with E-state index in [-0.39, 0.29) is 0 Å². The van der Waals surface area contributed by atoms with Crippen molar-refractivity contribution in [3.8, 4) is 61.8 Å². The van der Waals surface area contributed by atoms with E-state index in [9.17, 15) is 0 Å². The van der Waals surface area contributed by atoms with Crippen LogP contribution in [0.1, 0.15) is 16.7 Å². The summed E-state index contributed by atoms with van der Waals surface area (Å²) in [4.78, 5) is 12.4. The fraction of sp³-hybridized carbons (Fsp3) is 0.0492. The van der Waals surface area contributed by atoms with Gasteiger partial charge in [-0.15, -0.1) is 0 Å². The standard InChI is InChI=1S/C61H46N4/c1-41-18-22-46(23-19-41)57-40-58(63-61(62-57)48-24-20-42(2)21-25-48)47-28-26-44(27-29-47)49-32-36-54(43(3)38-49)45-30-33-52(34-31-45)65-59-17-11-10-16-55(59)56-39-53(35-37-60(56)65)64(50-12-6-4-7-13-50)51-14-8-5-9-15-51/h4-40H,1-3H3. The Labute approximate surface area is 380 Å². The minimum atomic E-state index is 0.722. The molecule has 0 amide bonds. The first-order chi connectivity index (χ1) is 31.9. The molecule has 0 saturated carbocycles. The second kappa shape index (κ2) is 16.7. The summed E-state index contributed by atoms with van der Waals surface area (Å²) in [6.45, 7) is 6.41. The van der Waals surface area contributed by atoms with Gasteiger partial charge in [-0.1, -0.05) is 169 Å². The third-order valence-electron chi connectivity index (χ3n) is 12.5. The van der Waals surface area contributed by atoms with Crippen LogP contribution in [0, 0.1) is 20.8 Å². The summed E-state index contributed by atoms with van der Waals surface area (Å²) in [6, 6.07) is 80.4. The predicted octanol–water partition coefficient (Wildman–Crippen LogP) is 16.3. The first kappa shape index (κ1) is 39.5. The molecule has 0 radical (unpaired) electrons. The molecule has 0 bridgehead atoms.